The Hall–Kier alpha value is -2.08. The first-order chi connectivity index (χ1) is 12.6. The van der Waals surface area contributed by atoms with Crippen LogP contribution >= 0.6 is 0 Å². The van der Waals surface area contributed by atoms with E-state index in [4.69, 9.17) is 0 Å². The molecule has 2 amide bonds. The number of hydrogen-bond acceptors (Lipinski definition) is 4. The summed E-state index contributed by atoms with van der Waals surface area (Å²) in [4.78, 5) is 30.4. The van der Waals surface area contributed by atoms with Gasteiger partial charge in [-0.25, -0.2) is 0 Å². The predicted molar refractivity (Wildman–Crippen MR) is 103 cm³/mol. The number of benzene rings is 1. The fraction of sp³-hybridized carbons (Fsp3) is 0.600. The average Bonchev–Trinajstić information content (AvgIpc) is 3.17. The van der Waals surface area contributed by atoms with E-state index in [0.717, 1.165) is 52.0 Å². The van der Waals surface area contributed by atoms with E-state index in [2.05, 4.69) is 45.4 Å². The average molecular weight is 358 g/mol. The van der Waals surface area contributed by atoms with Crippen molar-refractivity contribution in [3.63, 3.8) is 0 Å². The monoisotopic (exact) mass is 358 g/mol. The lowest BCUT2D eigenvalue weighted by Gasteiger charge is -2.36. The Kier molecular flexibility index (Phi) is 6.50. The number of anilines is 1. The van der Waals surface area contributed by atoms with Crippen molar-refractivity contribution in [2.75, 3.05) is 50.7 Å². The van der Waals surface area contributed by atoms with E-state index in [9.17, 15) is 9.59 Å². The van der Waals surface area contributed by atoms with Crippen molar-refractivity contribution in [3.8, 4) is 0 Å². The zero-order chi connectivity index (χ0) is 18.4. The molecule has 1 atom stereocenters. The molecule has 1 N–H and O–H groups in total. The van der Waals surface area contributed by atoms with E-state index in [1.54, 1.807) is 11.8 Å². The number of nitrogens with one attached hydrogen (secondary N) is 1. The van der Waals surface area contributed by atoms with Gasteiger partial charge >= 0.3 is 0 Å². The van der Waals surface area contributed by atoms with Gasteiger partial charge in [0, 0.05) is 51.9 Å². The number of para-hydroxylation sites is 1. The smallest absolute Gasteiger partial charge is 0.242 e. The molecule has 2 heterocycles. The maximum absolute atomic E-state index is 12.3. The molecule has 1 aromatic rings. The van der Waals surface area contributed by atoms with E-state index in [-0.39, 0.29) is 17.9 Å². The van der Waals surface area contributed by atoms with Crippen LogP contribution in [-0.2, 0) is 9.59 Å². The Labute approximate surface area is 156 Å². The van der Waals surface area contributed by atoms with Gasteiger partial charge in [-0.15, -0.1) is 0 Å². The third-order valence-corrected chi connectivity index (χ3v) is 5.40. The van der Waals surface area contributed by atoms with Crippen LogP contribution in [0.5, 0.6) is 0 Å². The van der Waals surface area contributed by atoms with E-state index in [0.29, 0.717) is 13.1 Å². The summed E-state index contributed by atoms with van der Waals surface area (Å²) in [5.74, 6) is 0.00512. The zero-order valence-corrected chi connectivity index (χ0v) is 15.7. The number of hydrogen-bond donors (Lipinski definition) is 1. The molecule has 0 saturated carbocycles. The molecule has 2 aliphatic heterocycles. The molecule has 6 heteroatoms. The molecule has 2 saturated heterocycles. The lowest BCUT2D eigenvalue weighted by Crippen LogP contribution is -2.48. The predicted octanol–water partition coefficient (Wildman–Crippen LogP) is 1.33. The molecule has 0 aromatic heterocycles. The summed E-state index contributed by atoms with van der Waals surface area (Å²) < 4.78 is 0. The van der Waals surface area contributed by atoms with Gasteiger partial charge in [0.15, 0.2) is 0 Å². The number of amides is 2. The highest BCUT2D eigenvalue weighted by Gasteiger charge is 2.31. The molecule has 1 aromatic carbocycles. The molecule has 0 bridgehead atoms. The summed E-state index contributed by atoms with van der Waals surface area (Å²) in [6, 6.07) is 10.3. The maximum atomic E-state index is 12.3. The van der Waals surface area contributed by atoms with Gasteiger partial charge in [0.25, 0.3) is 0 Å². The molecule has 0 aliphatic carbocycles. The van der Waals surface area contributed by atoms with Gasteiger partial charge in [-0.2, -0.15) is 0 Å². The topological polar surface area (TPSA) is 55.9 Å². The quantitative estimate of drug-likeness (QED) is 0.780. The van der Waals surface area contributed by atoms with E-state index in [1.807, 2.05) is 0 Å². The Morgan fingerprint density at radius 2 is 1.81 bits per heavy atom. The third kappa shape index (κ3) is 4.75. The highest BCUT2D eigenvalue weighted by atomic mass is 16.2. The summed E-state index contributed by atoms with van der Waals surface area (Å²) in [7, 11) is 0. The number of rotatable bonds is 6. The summed E-state index contributed by atoms with van der Waals surface area (Å²) in [5.41, 5.74) is 1.30. The second kappa shape index (κ2) is 9.03. The largest absolute Gasteiger partial charge is 0.369 e. The minimum atomic E-state index is -0.262. The van der Waals surface area contributed by atoms with Gasteiger partial charge < -0.3 is 15.1 Å². The van der Waals surface area contributed by atoms with Crippen molar-refractivity contribution in [2.24, 2.45) is 0 Å². The highest BCUT2D eigenvalue weighted by molar-refractivity contribution is 5.87. The molecule has 0 unspecified atom stereocenters. The number of carbonyl (C=O) groups excluding carboxylic acids is 2. The number of piperazine rings is 1. The molecule has 0 radical (unpaired) electrons. The summed E-state index contributed by atoms with van der Waals surface area (Å²) in [6.45, 7) is 8.15. The van der Waals surface area contributed by atoms with Gasteiger partial charge in [0.05, 0.1) is 0 Å². The molecule has 142 valence electrons. The third-order valence-electron chi connectivity index (χ3n) is 5.40. The fourth-order valence-corrected chi connectivity index (χ4v) is 3.92. The number of carbonyl (C=O) groups is 2. The molecule has 2 fully saturated rings. The lowest BCUT2D eigenvalue weighted by atomic mass is 10.2. The molecule has 2 aliphatic rings. The SMILES string of the molecule is CC(=O)N1CCC[C@@H]1C(=O)NCCCN1CCN(c2ccccc2)CC1. The van der Waals surface area contributed by atoms with E-state index >= 15 is 0 Å². The molecule has 3 rings (SSSR count). The second-order valence-electron chi connectivity index (χ2n) is 7.18. The first-order valence-corrected chi connectivity index (χ1v) is 9.72. The van der Waals surface area contributed by atoms with Gasteiger partial charge in [-0.1, -0.05) is 18.2 Å². The Balaban J connectivity index is 1.32. The van der Waals surface area contributed by atoms with Crippen molar-refractivity contribution in [1.29, 1.82) is 0 Å². The van der Waals surface area contributed by atoms with Crippen LogP contribution in [0.3, 0.4) is 0 Å². The lowest BCUT2D eigenvalue weighted by molar-refractivity contribution is -0.136. The van der Waals surface area contributed by atoms with Crippen LogP contribution in [-0.4, -0.2) is 73.5 Å². The van der Waals surface area contributed by atoms with Crippen LogP contribution in [0.2, 0.25) is 0 Å². The minimum Gasteiger partial charge on any atom is -0.369 e. The van der Waals surface area contributed by atoms with Gasteiger partial charge in [0.2, 0.25) is 11.8 Å². The first kappa shape index (κ1) is 18.7. The first-order valence-electron chi connectivity index (χ1n) is 9.72. The molecule has 6 nitrogen and oxygen atoms in total. The van der Waals surface area contributed by atoms with Crippen molar-refractivity contribution in [2.45, 2.75) is 32.2 Å². The van der Waals surface area contributed by atoms with Crippen molar-refractivity contribution in [3.05, 3.63) is 30.3 Å². The van der Waals surface area contributed by atoms with Crippen LogP contribution in [0.25, 0.3) is 0 Å². The summed E-state index contributed by atoms with van der Waals surface area (Å²) >= 11 is 0. The van der Waals surface area contributed by atoms with Crippen molar-refractivity contribution < 1.29 is 9.59 Å². The molecule has 26 heavy (non-hydrogen) atoms. The van der Waals surface area contributed by atoms with Gasteiger partial charge in [-0.3, -0.25) is 14.5 Å². The van der Waals surface area contributed by atoms with E-state index in [1.165, 1.54) is 5.69 Å². The summed E-state index contributed by atoms with van der Waals surface area (Å²) in [5, 5.41) is 3.01. The Morgan fingerprint density at radius 1 is 1.08 bits per heavy atom. The van der Waals surface area contributed by atoms with Crippen LogP contribution in [0.15, 0.2) is 30.3 Å². The minimum absolute atomic E-state index is 0.000984. The maximum Gasteiger partial charge on any atom is 0.242 e. The standard InChI is InChI=1S/C20H30N4O2/c1-17(25)24-12-5-9-19(24)20(26)21-10-6-11-22-13-15-23(16-14-22)18-7-3-2-4-8-18/h2-4,7-8,19H,5-6,9-16H2,1H3,(H,21,26)/t19-/m1/s1. The van der Waals surface area contributed by atoms with Crippen LogP contribution in [0, 0.1) is 0 Å². The van der Waals surface area contributed by atoms with Crippen molar-refractivity contribution in [1.82, 2.24) is 15.1 Å². The Morgan fingerprint density at radius 3 is 2.50 bits per heavy atom. The Bertz CT molecular complexity index is 599. The van der Waals surface area contributed by atoms with Crippen LogP contribution in [0.1, 0.15) is 26.2 Å². The second-order valence-corrected chi connectivity index (χ2v) is 7.18. The highest BCUT2D eigenvalue weighted by Crippen LogP contribution is 2.17. The zero-order valence-electron chi connectivity index (χ0n) is 15.7. The van der Waals surface area contributed by atoms with Gasteiger partial charge in [-0.05, 0) is 37.9 Å². The number of likely N-dealkylation sites (tertiary alicyclic amines) is 1. The number of nitrogens with zero attached hydrogens (tertiary/aromatic N) is 3. The fourth-order valence-electron chi connectivity index (χ4n) is 3.92. The van der Waals surface area contributed by atoms with Crippen LogP contribution in [0.4, 0.5) is 5.69 Å². The molecular weight excluding hydrogens is 328 g/mol. The molecule has 0 spiro atoms. The van der Waals surface area contributed by atoms with Crippen molar-refractivity contribution >= 4 is 17.5 Å². The molecular formula is C20H30N4O2. The normalized spacial score (nSPS) is 21.0. The summed E-state index contributed by atoms with van der Waals surface area (Å²) in [6.07, 6.45) is 2.65. The van der Waals surface area contributed by atoms with Crippen LogP contribution < -0.4 is 10.2 Å². The van der Waals surface area contributed by atoms with E-state index < -0.39 is 0 Å². The van der Waals surface area contributed by atoms with Gasteiger partial charge in [0.1, 0.15) is 6.04 Å².